The Morgan fingerprint density at radius 2 is 0.865 bits per heavy atom. The molecule has 0 N–H and O–H groups in total. The van der Waals surface area contributed by atoms with Gasteiger partial charge in [-0.15, -0.1) is 0 Å². The van der Waals surface area contributed by atoms with Gasteiger partial charge in [0.2, 0.25) is 0 Å². The van der Waals surface area contributed by atoms with Crippen molar-refractivity contribution in [3.05, 3.63) is 0 Å². The minimum absolute atomic E-state index is 0.136. The SMILES string of the molecule is CCCCCC1CCC(C2CC[C@]3(CC2)C[C@@]2(CC[C@H](C4CCC(CCCCC)CC4)CC2)C3=O)CC1. The summed E-state index contributed by atoms with van der Waals surface area (Å²) in [5.41, 5.74) is 0.272. The third-order valence-corrected chi connectivity index (χ3v) is 13.2. The van der Waals surface area contributed by atoms with Crippen LogP contribution >= 0.6 is 0 Å². The van der Waals surface area contributed by atoms with Crippen LogP contribution in [0.3, 0.4) is 0 Å². The topological polar surface area (TPSA) is 17.1 Å². The molecule has 0 saturated heterocycles. The molecule has 5 saturated carbocycles. The van der Waals surface area contributed by atoms with E-state index < -0.39 is 0 Å². The molecule has 0 aromatic heterocycles. The predicted octanol–water partition coefficient (Wildman–Crippen LogP) is 11.1. The maximum Gasteiger partial charge on any atom is 0.145 e. The van der Waals surface area contributed by atoms with E-state index in [-0.39, 0.29) is 10.8 Å². The summed E-state index contributed by atoms with van der Waals surface area (Å²) in [7, 11) is 0. The maximum atomic E-state index is 13.8. The van der Waals surface area contributed by atoms with Gasteiger partial charge in [-0.3, -0.25) is 4.79 Å². The van der Waals surface area contributed by atoms with Gasteiger partial charge in [-0.25, -0.2) is 0 Å². The van der Waals surface area contributed by atoms with E-state index in [4.69, 9.17) is 0 Å². The number of ketones is 1. The first-order valence-corrected chi connectivity index (χ1v) is 17.6. The van der Waals surface area contributed by atoms with Gasteiger partial charge < -0.3 is 0 Å². The minimum Gasteiger partial charge on any atom is -0.298 e. The molecule has 0 unspecified atom stereocenters. The lowest BCUT2D eigenvalue weighted by atomic mass is 9.42. The van der Waals surface area contributed by atoms with Gasteiger partial charge in [-0.1, -0.05) is 90.9 Å². The molecule has 0 bridgehead atoms. The molecule has 212 valence electrons. The monoisotopic (exact) mass is 510 g/mol. The van der Waals surface area contributed by atoms with Gasteiger partial charge >= 0.3 is 0 Å². The van der Waals surface area contributed by atoms with Crippen molar-refractivity contribution >= 4 is 5.78 Å². The molecule has 0 radical (unpaired) electrons. The highest BCUT2D eigenvalue weighted by atomic mass is 16.1. The molecule has 2 spiro atoms. The molecular formula is C36H62O. The van der Waals surface area contributed by atoms with E-state index in [0.29, 0.717) is 0 Å². The molecule has 0 amide bonds. The second kappa shape index (κ2) is 12.9. The van der Waals surface area contributed by atoms with Gasteiger partial charge in [-0.2, -0.15) is 0 Å². The van der Waals surface area contributed by atoms with Crippen LogP contribution in [0.1, 0.15) is 174 Å². The average molecular weight is 511 g/mol. The summed E-state index contributed by atoms with van der Waals surface area (Å²) >= 11 is 0. The Hall–Kier alpha value is -0.330. The molecule has 0 aliphatic heterocycles. The fraction of sp³-hybridized carbons (Fsp3) is 0.972. The highest BCUT2D eigenvalue weighted by Crippen LogP contribution is 2.65. The van der Waals surface area contributed by atoms with Crippen LogP contribution in [0.25, 0.3) is 0 Å². The van der Waals surface area contributed by atoms with Crippen molar-refractivity contribution in [1.29, 1.82) is 0 Å². The number of hydrogen-bond donors (Lipinski definition) is 0. The lowest BCUT2D eigenvalue weighted by Gasteiger charge is -2.60. The molecule has 0 aromatic carbocycles. The van der Waals surface area contributed by atoms with Crippen LogP contribution in [0.5, 0.6) is 0 Å². The van der Waals surface area contributed by atoms with Crippen molar-refractivity contribution in [2.75, 3.05) is 0 Å². The van der Waals surface area contributed by atoms with Crippen molar-refractivity contribution in [2.45, 2.75) is 174 Å². The summed E-state index contributed by atoms with van der Waals surface area (Å²) in [5, 5.41) is 0. The largest absolute Gasteiger partial charge is 0.298 e. The van der Waals surface area contributed by atoms with E-state index in [0.717, 1.165) is 41.3 Å². The van der Waals surface area contributed by atoms with Crippen LogP contribution < -0.4 is 0 Å². The Morgan fingerprint density at radius 1 is 0.514 bits per heavy atom. The van der Waals surface area contributed by atoms with Crippen molar-refractivity contribution in [2.24, 2.45) is 46.3 Å². The molecule has 0 atom stereocenters. The molecule has 37 heavy (non-hydrogen) atoms. The molecule has 1 heteroatoms. The van der Waals surface area contributed by atoms with Crippen LogP contribution in [0.4, 0.5) is 0 Å². The number of carbonyl (C=O) groups is 1. The standard InChI is InChI=1S/C36H62O/c1-3-5-7-9-28-11-15-30(16-12-28)32-19-23-35(24-20-32)27-36(34(35)37)25-21-33(22-26-36)31-17-13-29(14-18-31)10-8-6-4-2/h28-33H,3-27H2,1-2H3/t28?,29?,30?,31?,32-,33?,35-,36-. The summed E-state index contributed by atoms with van der Waals surface area (Å²) in [6.07, 6.45) is 35.2. The molecule has 5 aliphatic rings. The summed E-state index contributed by atoms with van der Waals surface area (Å²) < 4.78 is 0. The van der Waals surface area contributed by atoms with Crippen LogP contribution in [-0.4, -0.2) is 5.78 Å². The summed E-state index contributed by atoms with van der Waals surface area (Å²) in [6.45, 7) is 4.65. The van der Waals surface area contributed by atoms with Crippen molar-refractivity contribution in [3.63, 3.8) is 0 Å². The maximum absolute atomic E-state index is 13.8. The lowest BCUT2D eigenvalue weighted by molar-refractivity contribution is -0.170. The van der Waals surface area contributed by atoms with E-state index in [1.807, 2.05) is 0 Å². The Balaban J connectivity index is 1.01. The van der Waals surface area contributed by atoms with Crippen LogP contribution in [0.15, 0.2) is 0 Å². The third kappa shape index (κ3) is 6.37. The molecule has 5 rings (SSSR count). The van der Waals surface area contributed by atoms with E-state index in [9.17, 15) is 4.79 Å². The van der Waals surface area contributed by atoms with E-state index in [1.165, 1.54) is 161 Å². The summed E-state index contributed by atoms with van der Waals surface area (Å²) in [4.78, 5) is 13.8. The van der Waals surface area contributed by atoms with E-state index in [2.05, 4.69) is 13.8 Å². The first kappa shape index (κ1) is 28.2. The zero-order valence-electron chi connectivity index (χ0n) is 25.1. The Bertz CT molecular complexity index is 632. The number of unbranched alkanes of at least 4 members (excludes halogenated alkanes) is 4. The van der Waals surface area contributed by atoms with Gasteiger partial charge in [0.05, 0.1) is 0 Å². The second-order valence-electron chi connectivity index (χ2n) is 15.3. The first-order chi connectivity index (χ1) is 18.1. The fourth-order valence-corrected chi connectivity index (χ4v) is 10.7. The highest BCUT2D eigenvalue weighted by molar-refractivity contribution is 5.96. The Labute approximate surface area is 231 Å². The quantitative estimate of drug-likeness (QED) is 0.267. The molecule has 1 nitrogen and oxygen atoms in total. The highest BCUT2D eigenvalue weighted by Gasteiger charge is 2.63. The van der Waals surface area contributed by atoms with Gasteiger partial charge in [0.25, 0.3) is 0 Å². The molecule has 5 aliphatic carbocycles. The number of hydrogen-bond acceptors (Lipinski definition) is 1. The van der Waals surface area contributed by atoms with Gasteiger partial charge in [0.1, 0.15) is 5.78 Å². The van der Waals surface area contributed by atoms with Crippen LogP contribution in [-0.2, 0) is 4.79 Å². The lowest BCUT2D eigenvalue weighted by Crippen LogP contribution is -2.60. The smallest absolute Gasteiger partial charge is 0.145 e. The fourth-order valence-electron chi connectivity index (χ4n) is 10.7. The summed E-state index contributed by atoms with van der Waals surface area (Å²) in [6, 6.07) is 0. The minimum atomic E-state index is 0.136. The van der Waals surface area contributed by atoms with Crippen LogP contribution in [0, 0.1) is 46.3 Å². The van der Waals surface area contributed by atoms with Gasteiger partial charge in [0.15, 0.2) is 0 Å². The number of carbonyl (C=O) groups excluding carboxylic acids is 1. The molecule has 0 aromatic rings. The predicted molar refractivity (Wildman–Crippen MR) is 158 cm³/mol. The number of Topliss-reactive ketones (excluding diaryl/α,β-unsaturated/α-hetero) is 1. The Kier molecular flexibility index (Phi) is 9.83. The zero-order valence-corrected chi connectivity index (χ0v) is 25.1. The van der Waals surface area contributed by atoms with Crippen molar-refractivity contribution in [3.8, 4) is 0 Å². The molecule has 0 heterocycles. The Morgan fingerprint density at radius 3 is 1.19 bits per heavy atom. The van der Waals surface area contributed by atoms with Gasteiger partial charge in [-0.05, 0) is 119 Å². The van der Waals surface area contributed by atoms with Crippen LogP contribution in [0.2, 0.25) is 0 Å². The normalized spacial score (nSPS) is 42.7. The second-order valence-corrected chi connectivity index (χ2v) is 15.3. The molecular weight excluding hydrogens is 448 g/mol. The van der Waals surface area contributed by atoms with Gasteiger partial charge in [0, 0.05) is 10.8 Å². The summed E-state index contributed by atoms with van der Waals surface area (Å²) in [5.74, 6) is 6.68. The first-order valence-electron chi connectivity index (χ1n) is 17.6. The van der Waals surface area contributed by atoms with E-state index >= 15 is 0 Å². The molecule has 5 fully saturated rings. The average Bonchev–Trinajstić information content (AvgIpc) is 2.95. The number of rotatable bonds is 10. The van der Waals surface area contributed by atoms with E-state index in [1.54, 1.807) is 0 Å². The zero-order chi connectivity index (χ0) is 25.7. The van der Waals surface area contributed by atoms with Crippen molar-refractivity contribution in [1.82, 2.24) is 0 Å². The van der Waals surface area contributed by atoms with Crippen molar-refractivity contribution < 1.29 is 4.79 Å². The third-order valence-electron chi connectivity index (χ3n) is 13.2.